The van der Waals surface area contributed by atoms with Crippen LogP contribution in [-0.4, -0.2) is 42.7 Å². The highest BCUT2D eigenvalue weighted by atomic mass is 16.5. The van der Waals surface area contributed by atoms with Crippen LogP contribution in [0.25, 0.3) is 10.9 Å². The third kappa shape index (κ3) is 4.11. The lowest BCUT2D eigenvalue weighted by atomic mass is 10.2. The van der Waals surface area contributed by atoms with E-state index in [4.69, 9.17) is 4.74 Å². The van der Waals surface area contributed by atoms with Crippen molar-refractivity contribution in [1.29, 1.82) is 0 Å². The van der Waals surface area contributed by atoms with Crippen molar-refractivity contribution in [2.24, 2.45) is 0 Å². The molecule has 2 aromatic carbocycles. The average Bonchev–Trinajstić information content (AvgIpc) is 3.26. The van der Waals surface area contributed by atoms with Crippen LogP contribution in [-0.2, 0) is 0 Å². The van der Waals surface area contributed by atoms with Crippen molar-refractivity contribution in [1.82, 2.24) is 14.9 Å². The first-order valence-corrected chi connectivity index (χ1v) is 9.98. The van der Waals surface area contributed by atoms with Gasteiger partial charge in [0.2, 0.25) is 0 Å². The third-order valence-electron chi connectivity index (χ3n) is 5.22. The minimum Gasteiger partial charge on any atom is -0.497 e. The molecule has 4 aromatic rings. The summed E-state index contributed by atoms with van der Waals surface area (Å²) >= 11 is 0. The standard InChI is InChI=1S/C24H23N5O3/c1-25-24(31)29-13-11-17-14-18(6-9-21(17)29)28(2)19-10-12-26-22(15-19)27-23(30)16-4-7-20(32-3)8-5-16/h4-15H,1-3H3,(H,25,31)(H,26,27,30). The topological polar surface area (TPSA) is 88.5 Å². The zero-order valence-electron chi connectivity index (χ0n) is 18.0. The number of anilines is 3. The first kappa shape index (κ1) is 20.9. The number of amides is 2. The van der Waals surface area contributed by atoms with Crippen molar-refractivity contribution in [3.8, 4) is 5.75 Å². The molecule has 0 aliphatic carbocycles. The van der Waals surface area contributed by atoms with Crippen LogP contribution in [0.3, 0.4) is 0 Å². The summed E-state index contributed by atoms with van der Waals surface area (Å²) in [6, 6.07) is 18.1. The van der Waals surface area contributed by atoms with E-state index in [0.717, 1.165) is 22.3 Å². The van der Waals surface area contributed by atoms with Gasteiger partial charge in [0.1, 0.15) is 11.6 Å². The lowest BCUT2D eigenvalue weighted by Gasteiger charge is -2.20. The molecule has 162 valence electrons. The summed E-state index contributed by atoms with van der Waals surface area (Å²) in [5.74, 6) is 0.880. The van der Waals surface area contributed by atoms with Crippen LogP contribution in [0, 0.1) is 0 Å². The summed E-state index contributed by atoms with van der Waals surface area (Å²) in [5, 5.41) is 6.40. The number of methoxy groups -OCH3 is 1. The molecule has 4 rings (SSSR count). The molecule has 8 nitrogen and oxygen atoms in total. The molecule has 0 aliphatic rings. The van der Waals surface area contributed by atoms with Gasteiger partial charge in [-0.15, -0.1) is 0 Å². The van der Waals surface area contributed by atoms with Crippen LogP contribution in [0.15, 0.2) is 73.1 Å². The molecule has 0 saturated carbocycles. The quantitative estimate of drug-likeness (QED) is 0.495. The Morgan fingerprint density at radius 1 is 1.00 bits per heavy atom. The first-order chi connectivity index (χ1) is 15.5. The van der Waals surface area contributed by atoms with Gasteiger partial charge < -0.3 is 20.3 Å². The van der Waals surface area contributed by atoms with Gasteiger partial charge in [0.25, 0.3) is 5.91 Å². The van der Waals surface area contributed by atoms with Gasteiger partial charge in [-0.05, 0) is 54.6 Å². The molecule has 0 unspecified atom stereocenters. The van der Waals surface area contributed by atoms with Crippen LogP contribution in [0.4, 0.5) is 22.0 Å². The molecule has 2 aromatic heterocycles. The van der Waals surface area contributed by atoms with E-state index in [9.17, 15) is 9.59 Å². The van der Waals surface area contributed by atoms with E-state index in [-0.39, 0.29) is 11.9 Å². The number of fused-ring (bicyclic) bond motifs is 1. The fraction of sp³-hybridized carbons (Fsp3) is 0.125. The van der Waals surface area contributed by atoms with Gasteiger partial charge in [-0.2, -0.15) is 0 Å². The van der Waals surface area contributed by atoms with E-state index in [1.165, 1.54) is 0 Å². The van der Waals surface area contributed by atoms with E-state index >= 15 is 0 Å². The SMILES string of the molecule is CNC(=O)n1ccc2cc(N(C)c3ccnc(NC(=O)c4ccc(OC)cc4)c3)ccc21. The summed E-state index contributed by atoms with van der Waals surface area (Å²) in [5.41, 5.74) is 3.13. The maximum Gasteiger partial charge on any atom is 0.325 e. The number of pyridine rings is 1. The molecule has 2 heterocycles. The number of aromatic nitrogens is 2. The molecule has 0 atom stereocenters. The Morgan fingerprint density at radius 3 is 2.47 bits per heavy atom. The number of ether oxygens (including phenoxy) is 1. The van der Waals surface area contributed by atoms with E-state index < -0.39 is 0 Å². The van der Waals surface area contributed by atoms with Crippen molar-refractivity contribution in [2.75, 3.05) is 31.4 Å². The van der Waals surface area contributed by atoms with E-state index in [1.807, 2.05) is 42.3 Å². The molecular weight excluding hydrogens is 406 g/mol. The van der Waals surface area contributed by atoms with Gasteiger partial charge in [-0.3, -0.25) is 9.36 Å². The highest BCUT2D eigenvalue weighted by Gasteiger charge is 2.12. The second-order valence-electron chi connectivity index (χ2n) is 7.12. The molecule has 8 heteroatoms. The molecule has 0 saturated heterocycles. The highest BCUT2D eigenvalue weighted by molar-refractivity contribution is 6.04. The van der Waals surface area contributed by atoms with Gasteiger partial charge in [-0.25, -0.2) is 9.78 Å². The predicted molar refractivity (Wildman–Crippen MR) is 125 cm³/mol. The smallest absolute Gasteiger partial charge is 0.325 e. The summed E-state index contributed by atoms with van der Waals surface area (Å²) < 4.78 is 6.69. The van der Waals surface area contributed by atoms with Crippen LogP contribution >= 0.6 is 0 Å². The minimum atomic E-state index is -0.253. The number of carbonyl (C=O) groups is 2. The molecule has 2 amide bonds. The Kier molecular flexibility index (Phi) is 5.76. The average molecular weight is 429 g/mol. The Morgan fingerprint density at radius 2 is 1.75 bits per heavy atom. The van der Waals surface area contributed by atoms with E-state index in [0.29, 0.717) is 17.1 Å². The predicted octanol–water partition coefficient (Wildman–Crippen LogP) is 4.25. The zero-order valence-corrected chi connectivity index (χ0v) is 18.0. The van der Waals surface area contributed by atoms with E-state index in [2.05, 4.69) is 15.6 Å². The molecule has 0 radical (unpaired) electrons. The maximum atomic E-state index is 12.6. The Hall–Kier alpha value is -4.33. The summed E-state index contributed by atoms with van der Waals surface area (Å²) in [4.78, 5) is 30.8. The maximum absolute atomic E-state index is 12.6. The Bertz CT molecular complexity index is 1280. The third-order valence-corrected chi connectivity index (χ3v) is 5.22. The second kappa shape index (κ2) is 8.81. The number of nitrogens with one attached hydrogen (secondary N) is 2. The number of hydrogen-bond donors (Lipinski definition) is 2. The molecule has 32 heavy (non-hydrogen) atoms. The fourth-order valence-electron chi connectivity index (χ4n) is 3.41. The van der Waals surface area contributed by atoms with Crippen LogP contribution in [0.5, 0.6) is 5.75 Å². The van der Waals surface area contributed by atoms with Gasteiger partial charge in [0.15, 0.2) is 0 Å². The van der Waals surface area contributed by atoms with E-state index in [1.54, 1.807) is 61.5 Å². The summed E-state index contributed by atoms with van der Waals surface area (Å²) in [6.07, 6.45) is 3.39. The normalized spacial score (nSPS) is 10.6. The monoisotopic (exact) mass is 429 g/mol. The second-order valence-corrected chi connectivity index (χ2v) is 7.12. The van der Waals surface area contributed by atoms with Crippen LogP contribution < -0.4 is 20.3 Å². The van der Waals surface area contributed by atoms with Gasteiger partial charge in [0, 0.05) is 54.9 Å². The number of rotatable bonds is 5. The number of carbonyl (C=O) groups excluding carboxylic acids is 2. The molecule has 0 fully saturated rings. The lowest BCUT2D eigenvalue weighted by molar-refractivity contribution is 0.102. The van der Waals surface area contributed by atoms with Crippen molar-refractivity contribution in [3.05, 3.63) is 78.6 Å². The van der Waals surface area contributed by atoms with Crippen molar-refractivity contribution >= 4 is 40.0 Å². The minimum absolute atomic E-state index is 0.188. The first-order valence-electron chi connectivity index (χ1n) is 9.98. The van der Waals surface area contributed by atoms with Crippen LogP contribution in [0.2, 0.25) is 0 Å². The van der Waals surface area contributed by atoms with Crippen molar-refractivity contribution in [3.63, 3.8) is 0 Å². The van der Waals surface area contributed by atoms with Crippen molar-refractivity contribution < 1.29 is 14.3 Å². The molecule has 0 aliphatic heterocycles. The molecular formula is C24H23N5O3. The lowest BCUT2D eigenvalue weighted by Crippen LogP contribution is -2.23. The van der Waals surface area contributed by atoms with Gasteiger partial charge >= 0.3 is 6.03 Å². The zero-order chi connectivity index (χ0) is 22.7. The summed E-state index contributed by atoms with van der Waals surface area (Å²) in [6.45, 7) is 0. The number of benzene rings is 2. The Labute approximate surface area is 185 Å². The Balaban J connectivity index is 1.54. The van der Waals surface area contributed by atoms with Crippen molar-refractivity contribution in [2.45, 2.75) is 0 Å². The summed E-state index contributed by atoms with van der Waals surface area (Å²) in [7, 11) is 5.11. The largest absolute Gasteiger partial charge is 0.497 e. The number of nitrogens with zero attached hydrogens (tertiary/aromatic N) is 3. The fourth-order valence-corrected chi connectivity index (χ4v) is 3.41. The van der Waals surface area contributed by atoms with Gasteiger partial charge in [0.05, 0.1) is 12.6 Å². The molecule has 2 N–H and O–H groups in total. The molecule has 0 spiro atoms. The number of hydrogen-bond acceptors (Lipinski definition) is 5. The van der Waals surface area contributed by atoms with Gasteiger partial charge in [-0.1, -0.05) is 0 Å². The highest BCUT2D eigenvalue weighted by Crippen LogP contribution is 2.28. The van der Waals surface area contributed by atoms with Crippen LogP contribution in [0.1, 0.15) is 10.4 Å². The molecule has 0 bridgehead atoms.